The van der Waals surface area contributed by atoms with E-state index in [4.69, 9.17) is 4.98 Å². The van der Waals surface area contributed by atoms with Crippen molar-refractivity contribution in [3.8, 4) is 0 Å². The summed E-state index contributed by atoms with van der Waals surface area (Å²) in [6.45, 7) is 5.30. The summed E-state index contributed by atoms with van der Waals surface area (Å²) < 4.78 is 29.4. The third kappa shape index (κ3) is 4.90. The molecular weight excluding hydrogens is 428 g/mol. The first-order chi connectivity index (χ1) is 16.6. The number of halogens is 2. The molecular formula is C29H31F2N3. The Labute approximate surface area is 200 Å². The number of hydrogen-bond donors (Lipinski definition) is 0. The zero-order valence-corrected chi connectivity index (χ0v) is 19.6. The Morgan fingerprint density at radius 2 is 1.44 bits per heavy atom. The Kier molecular flexibility index (Phi) is 6.73. The number of nitrogens with zero attached hydrogens (tertiary/aromatic N) is 3. The minimum atomic E-state index is -0.231. The van der Waals surface area contributed by atoms with Crippen LogP contribution in [0.1, 0.15) is 54.6 Å². The number of likely N-dealkylation sites (tertiary alicyclic amines) is 1. The van der Waals surface area contributed by atoms with Crippen molar-refractivity contribution in [1.29, 1.82) is 0 Å². The van der Waals surface area contributed by atoms with E-state index in [1.165, 1.54) is 29.8 Å². The van der Waals surface area contributed by atoms with E-state index < -0.39 is 0 Å². The number of piperidine rings is 1. The van der Waals surface area contributed by atoms with Gasteiger partial charge in [-0.05, 0) is 86.7 Å². The van der Waals surface area contributed by atoms with E-state index in [2.05, 4.69) is 34.6 Å². The van der Waals surface area contributed by atoms with Gasteiger partial charge in [-0.15, -0.1) is 0 Å². The molecule has 0 saturated carbocycles. The number of imidazole rings is 1. The number of rotatable bonds is 7. The molecule has 4 aromatic rings. The largest absolute Gasteiger partial charge is 0.325 e. The fourth-order valence-corrected chi connectivity index (χ4v) is 5.46. The maximum atomic E-state index is 13.5. The minimum absolute atomic E-state index is 0.138. The highest BCUT2D eigenvalue weighted by Crippen LogP contribution is 2.31. The summed E-state index contributed by atoms with van der Waals surface area (Å²) in [5.41, 5.74) is 4.47. The van der Waals surface area contributed by atoms with Gasteiger partial charge < -0.3 is 9.47 Å². The lowest BCUT2D eigenvalue weighted by molar-refractivity contribution is 0.184. The van der Waals surface area contributed by atoms with Gasteiger partial charge in [0.15, 0.2) is 0 Å². The smallest absolute Gasteiger partial charge is 0.123 e. The lowest BCUT2D eigenvalue weighted by Crippen LogP contribution is -2.35. The van der Waals surface area contributed by atoms with Crippen LogP contribution in [0.4, 0.5) is 8.78 Å². The van der Waals surface area contributed by atoms with Gasteiger partial charge in [-0.2, -0.15) is 0 Å². The first kappa shape index (κ1) is 22.7. The van der Waals surface area contributed by atoms with Crippen molar-refractivity contribution in [2.24, 2.45) is 0 Å². The van der Waals surface area contributed by atoms with E-state index in [1.807, 2.05) is 30.3 Å². The molecule has 0 spiro atoms. The van der Waals surface area contributed by atoms with E-state index in [0.29, 0.717) is 6.04 Å². The highest BCUT2D eigenvalue weighted by Gasteiger charge is 2.23. The normalized spacial score (nSPS) is 15.4. The van der Waals surface area contributed by atoms with Gasteiger partial charge in [0, 0.05) is 25.0 Å². The molecule has 34 heavy (non-hydrogen) atoms. The lowest BCUT2D eigenvalue weighted by Gasteiger charge is -2.33. The highest BCUT2D eigenvalue weighted by atomic mass is 19.1. The number of benzene rings is 3. The van der Waals surface area contributed by atoms with Crippen LogP contribution in [-0.4, -0.2) is 34.1 Å². The minimum Gasteiger partial charge on any atom is -0.325 e. The fraction of sp³-hybridized carbons (Fsp3) is 0.345. The molecule has 0 amide bonds. The zero-order valence-electron chi connectivity index (χ0n) is 19.6. The van der Waals surface area contributed by atoms with E-state index in [0.717, 1.165) is 67.8 Å². The summed E-state index contributed by atoms with van der Waals surface area (Å²) >= 11 is 0. The summed E-state index contributed by atoms with van der Waals surface area (Å²) in [5.74, 6) is 0.774. The van der Waals surface area contributed by atoms with Crippen molar-refractivity contribution in [2.45, 2.75) is 44.6 Å². The fourth-order valence-electron chi connectivity index (χ4n) is 5.46. The van der Waals surface area contributed by atoms with E-state index >= 15 is 0 Å². The van der Waals surface area contributed by atoms with Crippen LogP contribution in [0.25, 0.3) is 11.0 Å². The van der Waals surface area contributed by atoms with Crippen LogP contribution in [0, 0.1) is 18.6 Å². The number of hydrogen-bond acceptors (Lipinski definition) is 2. The molecule has 1 aliphatic rings. The summed E-state index contributed by atoms with van der Waals surface area (Å²) in [6, 6.07) is 22.4. The average Bonchev–Trinajstić information content (AvgIpc) is 3.19. The maximum absolute atomic E-state index is 13.5. The van der Waals surface area contributed by atoms with E-state index in [-0.39, 0.29) is 17.6 Å². The first-order valence-electron chi connectivity index (χ1n) is 12.3. The molecule has 5 rings (SSSR count). The van der Waals surface area contributed by atoms with Crippen LogP contribution in [-0.2, 0) is 0 Å². The molecule has 2 heterocycles. The number of fused-ring (bicyclic) bond motifs is 1. The van der Waals surface area contributed by atoms with Crippen molar-refractivity contribution < 1.29 is 8.78 Å². The second kappa shape index (κ2) is 10.1. The molecule has 0 aliphatic carbocycles. The molecule has 3 aromatic carbocycles. The van der Waals surface area contributed by atoms with Gasteiger partial charge >= 0.3 is 0 Å². The Morgan fingerprint density at radius 1 is 0.853 bits per heavy atom. The van der Waals surface area contributed by atoms with Gasteiger partial charge in [0.05, 0.1) is 11.0 Å². The summed E-state index contributed by atoms with van der Waals surface area (Å²) in [7, 11) is 0. The average molecular weight is 460 g/mol. The van der Waals surface area contributed by atoms with Crippen LogP contribution >= 0.6 is 0 Å². The highest BCUT2D eigenvalue weighted by molar-refractivity contribution is 5.76. The van der Waals surface area contributed by atoms with Crippen molar-refractivity contribution in [1.82, 2.24) is 14.5 Å². The molecule has 3 nitrogen and oxygen atoms in total. The number of aryl methyl sites for hydroxylation is 1. The summed E-state index contributed by atoms with van der Waals surface area (Å²) in [5, 5.41) is 0. The molecule has 0 radical (unpaired) electrons. The molecule has 1 aliphatic heterocycles. The number of para-hydroxylation sites is 2. The molecule has 0 unspecified atom stereocenters. The molecule has 0 atom stereocenters. The third-order valence-electron chi connectivity index (χ3n) is 7.21. The van der Waals surface area contributed by atoms with Crippen LogP contribution in [0.2, 0.25) is 0 Å². The van der Waals surface area contributed by atoms with Crippen LogP contribution in [0.3, 0.4) is 0 Å². The Morgan fingerprint density at radius 3 is 2.06 bits per heavy atom. The standard InChI is InChI=1S/C29H31F2N3/c1-21-32-28-6-2-3-7-29(28)34(21)26-16-19-33(20-17-26)18-4-5-27(22-8-12-24(30)13-9-22)23-10-14-25(31)15-11-23/h2-3,6-15,26-27H,4-5,16-20H2,1H3. The third-order valence-corrected chi connectivity index (χ3v) is 7.21. The van der Waals surface area contributed by atoms with Gasteiger partial charge in [0.1, 0.15) is 17.5 Å². The van der Waals surface area contributed by atoms with Gasteiger partial charge in [-0.3, -0.25) is 0 Å². The summed E-state index contributed by atoms with van der Waals surface area (Å²) in [4.78, 5) is 7.30. The van der Waals surface area contributed by atoms with Crippen LogP contribution in [0.15, 0.2) is 72.8 Å². The van der Waals surface area contributed by atoms with Gasteiger partial charge in [0.25, 0.3) is 0 Å². The lowest BCUT2D eigenvalue weighted by atomic mass is 9.87. The summed E-state index contributed by atoms with van der Waals surface area (Å²) in [6.07, 6.45) is 4.24. The van der Waals surface area contributed by atoms with Gasteiger partial charge in [0.2, 0.25) is 0 Å². The first-order valence-corrected chi connectivity index (χ1v) is 12.3. The second-order valence-electron chi connectivity index (χ2n) is 9.39. The predicted octanol–water partition coefficient (Wildman–Crippen LogP) is 6.87. The zero-order chi connectivity index (χ0) is 23.5. The molecule has 1 fully saturated rings. The molecule has 5 heteroatoms. The van der Waals surface area contributed by atoms with Crippen molar-refractivity contribution in [2.75, 3.05) is 19.6 Å². The van der Waals surface area contributed by atoms with Crippen LogP contribution in [0.5, 0.6) is 0 Å². The van der Waals surface area contributed by atoms with E-state index in [9.17, 15) is 8.78 Å². The SMILES string of the molecule is Cc1nc2ccccc2n1C1CCN(CCCC(c2ccc(F)cc2)c2ccc(F)cc2)CC1. The molecule has 176 valence electrons. The van der Waals surface area contributed by atoms with Gasteiger partial charge in [-0.1, -0.05) is 36.4 Å². The molecule has 0 N–H and O–H groups in total. The number of aromatic nitrogens is 2. The second-order valence-corrected chi connectivity index (χ2v) is 9.39. The monoisotopic (exact) mass is 459 g/mol. The maximum Gasteiger partial charge on any atom is 0.123 e. The molecule has 0 bridgehead atoms. The Hall–Kier alpha value is -3.05. The quantitative estimate of drug-likeness (QED) is 0.301. The van der Waals surface area contributed by atoms with E-state index in [1.54, 1.807) is 0 Å². The molecule has 1 saturated heterocycles. The van der Waals surface area contributed by atoms with Gasteiger partial charge in [-0.25, -0.2) is 13.8 Å². The topological polar surface area (TPSA) is 21.1 Å². The Balaban J connectivity index is 1.20. The van der Waals surface area contributed by atoms with Crippen molar-refractivity contribution in [3.05, 3.63) is 101 Å². The van der Waals surface area contributed by atoms with Crippen molar-refractivity contribution >= 4 is 11.0 Å². The predicted molar refractivity (Wildman–Crippen MR) is 133 cm³/mol. The molecule has 1 aromatic heterocycles. The van der Waals surface area contributed by atoms with Crippen molar-refractivity contribution in [3.63, 3.8) is 0 Å². The Bertz CT molecular complexity index is 1180. The van der Waals surface area contributed by atoms with Crippen LogP contribution < -0.4 is 0 Å².